The van der Waals surface area contributed by atoms with Crippen molar-refractivity contribution >= 4 is 29.5 Å². The molecule has 11 heteroatoms. The molecule has 1 aliphatic rings. The van der Waals surface area contributed by atoms with E-state index in [1.54, 1.807) is 0 Å². The number of ketones is 2. The summed E-state index contributed by atoms with van der Waals surface area (Å²) >= 11 is 0. The van der Waals surface area contributed by atoms with Crippen molar-refractivity contribution in [1.29, 1.82) is 0 Å². The lowest BCUT2D eigenvalue weighted by molar-refractivity contribution is -0.350. The van der Waals surface area contributed by atoms with E-state index >= 15 is 0 Å². The topological polar surface area (TPSA) is 163 Å². The smallest absolute Gasteiger partial charge is 0.339 e. The largest absolute Gasteiger partial charge is 0.467 e. The van der Waals surface area contributed by atoms with Gasteiger partial charge in [0.1, 0.15) is 0 Å². The van der Waals surface area contributed by atoms with Crippen LogP contribution in [0.2, 0.25) is 0 Å². The zero-order valence-corrected chi connectivity index (χ0v) is 14.8. The molecule has 1 aliphatic heterocycles. The summed E-state index contributed by atoms with van der Waals surface area (Å²) in [5, 5.41) is 21.4. The van der Waals surface area contributed by atoms with Crippen LogP contribution in [0.5, 0.6) is 0 Å². The molecule has 0 aliphatic carbocycles. The maximum absolute atomic E-state index is 12.1. The summed E-state index contributed by atoms with van der Waals surface area (Å²) in [6.45, 7) is 3.41. The van der Waals surface area contributed by atoms with Gasteiger partial charge in [-0.05, 0) is 6.92 Å². The first-order valence-corrected chi connectivity index (χ1v) is 7.39. The second-order valence-electron chi connectivity index (χ2n) is 5.69. The Morgan fingerprint density at radius 1 is 0.885 bits per heavy atom. The monoisotopic (exact) mass is 376 g/mol. The van der Waals surface area contributed by atoms with E-state index in [0.29, 0.717) is 0 Å². The van der Waals surface area contributed by atoms with Crippen LogP contribution in [0.4, 0.5) is 0 Å². The van der Waals surface area contributed by atoms with E-state index in [0.717, 1.165) is 34.8 Å². The second-order valence-corrected chi connectivity index (χ2v) is 5.69. The Morgan fingerprint density at radius 3 is 1.73 bits per heavy atom. The van der Waals surface area contributed by atoms with Crippen LogP contribution < -0.4 is 0 Å². The molecule has 0 radical (unpaired) electrons. The van der Waals surface area contributed by atoms with Crippen molar-refractivity contribution in [2.24, 2.45) is 0 Å². The van der Waals surface area contributed by atoms with Crippen molar-refractivity contribution in [3.63, 3.8) is 0 Å². The fraction of sp³-hybridized carbons (Fsp3) is 0.667. The normalized spacial score (nSPS) is 33.7. The van der Waals surface area contributed by atoms with Gasteiger partial charge in [-0.2, -0.15) is 0 Å². The zero-order valence-electron chi connectivity index (χ0n) is 14.8. The number of rotatable bonds is 5. The molecule has 0 aromatic heterocycles. The Labute approximate surface area is 148 Å². The highest BCUT2D eigenvalue weighted by Gasteiger charge is 2.72. The molecular formula is C15H20O11. The van der Waals surface area contributed by atoms with E-state index in [1.807, 2.05) is 0 Å². The summed E-state index contributed by atoms with van der Waals surface area (Å²) in [6, 6.07) is 0. The van der Waals surface area contributed by atoms with Crippen LogP contribution in [0, 0.1) is 0 Å². The summed E-state index contributed by atoms with van der Waals surface area (Å²) in [6.07, 6.45) is -5.98. The average Bonchev–Trinajstić information content (AvgIpc) is 2.52. The molecule has 0 aromatic carbocycles. The summed E-state index contributed by atoms with van der Waals surface area (Å²) in [7, 11) is 0.940. The van der Waals surface area contributed by atoms with Crippen LogP contribution in [0.15, 0.2) is 0 Å². The minimum absolute atomic E-state index is 0.777. The Kier molecular flexibility index (Phi) is 6.23. The molecule has 0 amide bonds. The van der Waals surface area contributed by atoms with Crippen LogP contribution in [0.25, 0.3) is 0 Å². The fourth-order valence-electron chi connectivity index (χ4n) is 2.67. The first-order chi connectivity index (χ1) is 11.8. The van der Waals surface area contributed by atoms with Gasteiger partial charge in [-0.25, -0.2) is 4.79 Å². The van der Waals surface area contributed by atoms with E-state index in [-0.39, 0.29) is 0 Å². The lowest BCUT2D eigenvalue weighted by Gasteiger charge is -2.51. The van der Waals surface area contributed by atoms with Gasteiger partial charge in [0.05, 0.1) is 7.11 Å². The molecule has 1 unspecified atom stereocenters. The number of carbonyl (C=O) groups excluding carboxylic acids is 5. The third-order valence-corrected chi connectivity index (χ3v) is 3.87. The molecule has 0 spiro atoms. The molecule has 1 heterocycles. The maximum atomic E-state index is 12.1. The predicted octanol–water partition coefficient (Wildman–Crippen LogP) is -1.98. The number of methoxy groups -OCH3 is 1. The molecule has 0 bridgehead atoms. The predicted molar refractivity (Wildman–Crippen MR) is 79.3 cm³/mol. The number of aliphatic hydroxyl groups is 2. The van der Waals surface area contributed by atoms with Gasteiger partial charge in [-0.15, -0.1) is 0 Å². The number of ether oxygens (including phenoxy) is 4. The van der Waals surface area contributed by atoms with Crippen LogP contribution in [-0.2, 0) is 42.9 Å². The number of esters is 3. The highest BCUT2D eigenvalue weighted by Crippen LogP contribution is 2.41. The van der Waals surface area contributed by atoms with Crippen LogP contribution >= 0.6 is 0 Å². The second kappa shape index (κ2) is 7.48. The lowest BCUT2D eigenvalue weighted by atomic mass is 9.75. The number of hydrogen-bond acceptors (Lipinski definition) is 11. The first kappa shape index (κ1) is 21.7. The standard InChI is InChI=1S/C15H20O11/c1-6(16)14(21)12(25-9(4)19)10(24-8(3)18)11(13(20)23-5)26-15(14,22)7(2)17/h10-12,21-22H,1-5H3/t10-,11+,12+,14-,15?/m1/s1. The van der Waals surface area contributed by atoms with E-state index in [9.17, 15) is 34.2 Å². The molecule has 2 N–H and O–H groups in total. The summed E-state index contributed by atoms with van der Waals surface area (Å²) in [4.78, 5) is 59.0. The van der Waals surface area contributed by atoms with E-state index < -0.39 is 59.2 Å². The first-order valence-electron chi connectivity index (χ1n) is 7.39. The average molecular weight is 376 g/mol. The van der Waals surface area contributed by atoms with Crippen molar-refractivity contribution < 1.29 is 53.1 Å². The quantitative estimate of drug-likeness (QED) is 0.404. The molecule has 11 nitrogen and oxygen atoms in total. The van der Waals surface area contributed by atoms with Gasteiger partial charge in [0.2, 0.25) is 5.60 Å². The summed E-state index contributed by atoms with van der Waals surface area (Å²) in [5.74, 6) is -9.01. The Morgan fingerprint density at radius 2 is 1.38 bits per heavy atom. The molecule has 1 fully saturated rings. The molecule has 26 heavy (non-hydrogen) atoms. The summed E-state index contributed by atoms with van der Waals surface area (Å²) < 4.78 is 19.2. The van der Waals surface area contributed by atoms with Crippen molar-refractivity contribution in [2.75, 3.05) is 7.11 Å². The van der Waals surface area contributed by atoms with Gasteiger partial charge in [0, 0.05) is 20.8 Å². The van der Waals surface area contributed by atoms with Gasteiger partial charge in [0.15, 0.2) is 29.9 Å². The van der Waals surface area contributed by atoms with E-state index in [1.165, 1.54) is 0 Å². The molecule has 5 atom stereocenters. The molecule has 146 valence electrons. The number of Topliss-reactive ketones (excluding diaryl/α,β-unsaturated/α-hetero) is 2. The number of carbonyl (C=O) groups is 5. The maximum Gasteiger partial charge on any atom is 0.339 e. The molecule has 1 saturated heterocycles. The van der Waals surface area contributed by atoms with Crippen molar-refractivity contribution in [3.05, 3.63) is 0 Å². The molecule has 0 aromatic rings. The van der Waals surface area contributed by atoms with Gasteiger partial charge < -0.3 is 29.2 Å². The van der Waals surface area contributed by atoms with Crippen LogP contribution in [0.1, 0.15) is 27.7 Å². The number of hydrogen-bond donors (Lipinski definition) is 2. The SMILES string of the molecule is COC(=O)[C@H]1OC(O)(C(C)=O)[C@@](O)(C(C)=O)[C@@H](OC(C)=O)[C@@H]1OC(C)=O. The highest BCUT2D eigenvalue weighted by atomic mass is 16.7. The van der Waals surface area contributed by atoms with Crippen molar-refractivity contribution in [1.82, 2.24) is 0 Å². The van der Waals surface area contributed by atoms with Gasteiger partial charge in [0.25, 0.3) is 5.79 Å². The van der Waals surface area contributed by atoms with Gasteiger partial charge in [-0.3, -0.25) is 19.2 Å². The van der Waals surface area contributed by atoms with Crippen molar-refractivity contribution in [2.45, 2.75) is 57.4 Å². The third-order valence-electron chi connectivity index (χ3n) is 3.87. The minimum atomic E-state index is -3.27. The van der Waals surface area contributed by atoms with Crippen molar-refractivity contribution in [3.8, 4) is 0 Å². The Balaban J connectivity index is 3.72. The molecule has 0 saturated carbocycles. The van der Waals surface area contributed by atoms with Gasteiger partial charge in [-0.1, -0.05) is 0 Å². The van der Waals surface area contributed by atoms with E-state index in [4.69, 9.17) is 14.2 Å². The van der Waals surface area contributed by atoms with Crippen LogP contribution in [-0.4, -0.2) is 76.5 Å². The zero-order chi connectivity index (χ0) is 20.4. The Bertz CT molecular complexity index is 642. The highest BCUT2D eigenvalue weighted by molar-refractivity contribution is 5.98. The lowest BCUT2D eigenvalue weighted by Crippen LogP contribution is -2.79. The fourth-order valence-corrected chi connectivity index (χ4v) is 2.67. The minimum Gasteiger partial charge on any atom is -0.467 e. The van der Waals surface area contributed by atoms with Crippen LogP contribution in [0.3, 0.4) is 0 Å². The van der Waals surface area contributed by atoms with E-state index in [2.05, 4.69) is 4.74 Å². The summed E-state index contributed by atoms with van der Waals surface area (Å²) in [5.41, 5.74) is -3.16. The molecular weight excluding hydrogens is 356 g/mol. The Hall–Kier alpha value is -2.37. The van der Waals surface area contributed by atoms with Gasteiger partial charge >= 0.3 is 17.9 Å². The third kappa shape index (κ3) is 3.45. The molecule has 1 rings (SSSR count).